The van der Waals surface area contributed by atoms with Crippen molar-refractivity contribution in [2.75, 3.05) is 5.32 Å². The molecule has 0 aliphatic carbocycles. The minimum Gasteiger partial charge on any atom is -0.441 e. The van der Waals surface area contributed by atoms with E-state index in [4.69, 9.17) is 4.42 Å². The third-order valence-corrected chi connectivity index (χ3v) is 4.75. The van der Waals surface area contributed by atoms with Crippen LogP contribution in [0.2, 0.25) is 0 Å². The number of aryl methyl sites for hydroxylation is 1. The van der Waals surface area contributed by atoms with Crippen molar-refractivity contribution < 1.29 is 13.6 Å². The highest BCUT2D eigenvalue weighted by atomic mass is 32.1. The van der Waals surface area contributed by atoms with Crippen molar-refractivity contribution in [1.29, 1.82) is 0 Å². The lowest BCUT2D eigenvalue weighted by Crippen LogP contribution is -2.12. The van der Waals surface area contributed by atoms with Gasteiger partial charge in [-0.15, -0.1) is 0 Å². The van der Waals surface area contributed by atoms with Crippen LogP contribution in [0.1, 0.15) is 12.3 Å². The van der Waals surface area contributed by atoms with E-state index >= 15 is 0 Å². The molecule has 0 radical (unpaired) electrons. The Morgan fingerprint density at radius 2 is 1.96 bits per heavy atom. The van der Waals surface area contributed by atoms with Crippen molar-refractivity contribution in [2.45, 2.75) is 12.8 Å². The number of nitrogens with zero attached hydrogens (tertiary/aromatic N) is 2. The van der Waals surface area contributed by atoms with E-state index in [0.29, 0.717) is 28.8 Å². The lowest BCUT2D eigenvalue weighted by molar-refractivity contribution is -0.116. The number of halogens is 1. The molecular weight excluding hydrogens is 353 g/mol. The summed E-state index contributed by atoms with van der Waals surface area (Å²) in [4.78, 5) is 20.6. The van der Waals surface area contributed by atoms with Gasteiger partial charge in [-0.2, -0.15) is 0 Å². The van der Waals surface area contributed by atoms with Crippen LogP contribution in [0.5, 0.6) is 0 Å². The van der Waals surface area contributed by atoms with Gasteiger partial charge < -0.3 is 9.73 Å². The quantitative estimate of drug-likeness (QED) is 0.557. The first-order valence-corrected chi connectivity index (χ1v) is 8.86. The van der Waals surface area contributed by atoms with Crippen LogP contribution < -0.4 is 5.32 Å². The molecule has 26 heavy (non-hydrogen) atoms. The normalized spacial score (nSPS) is 11.0. The summed E-state index contributed by atoms with van der Waals surface area (Å²) in [6.07, 6.45) is 2.00. The number of para-hydroxylation sites is 1. The molecule has 2 aromatic heterocycles. The zero-order valence-electron chi connectivity index (χ0n) is 13.6. The highest BCUT2D eigenvalue weighted by Gasteiger charge is 2.13. The molecule has 0 bridgehead atoms. The number of nitrogens with one attached hydrogen (secondary N) is 1. The predicted octanol–water partition coefficient (Wildman–Crippen LogP) is 4.66. The first-order valence-electron chi connectivity index (χ1n) is 8.04. The molecule has 0 aliphatic heterocycles. The largest absolute Gasteiger partial charge is 0.441 e. The Labute approximate surface area is 152 Å². The standard InChI is InChI=1S/C19H14FN3O2S/c20-13-6-2-1-5-12(13)15-11-21-18(25-15)10-9-17(24)23-19-22-14-7-3-4-8-16(14)26-19/h1-8,11H,9-10H2,(H,22,23,24). The lowest BCUT2D eigenvalue weighted by Gasteiger charge is -2.00. The Hall–Kier alpha value is -3.06. The smallest absolute Gasteiger partial charge is 0.226 e. The predicted molar refractivity (Wildman–Crippen MR) is 98.5 cm³/mol. The van der Waals surface area contributed by atoms with Gasteiger partial charge in [0.1, 0.15) is 5.82 Å². The van der Waals surface area contributed by atoms with E-state index in [0.717, 1.165) is 10.2 Å². The van der Waals surface area contributed by atoms with Crippen LogP contribution in [0.15, 0.2) is 59.1 Å². The second-order valence-corrected chi connectivity index (χ2v) is 6.66. The van der Waals surface area contributed by atoms with Crippen LogP contribution in [-0.4, -0.2) is 15.9 Å². The molecule has 0 atom stereocenters. The van der Waals surface area contributed by atoms with E-state index < -0.39 is 0 Å². The first kappa shape index (κ1) is 16.4. The van der Waals surface area contributed by atoms with Crippen molar-refractivity contribution in [3.8, 4) is 11.3 Å². The van der Waals surface area contributed by atoms with E-state index in [1.807, 2.05) is 24.3 Å². The number of hydrogen-bond acceptors (Lipinski definition) is 5. The zero-order valence-corrected chi connectivity index (χ0v) is 14.4. The fourth-order valence-electron chi connectivity index (χ4n) is 2.54. The number of hydrogen-bond donors (Lipinski definition) is 1. The molecule has 130 valence electrons. The van der Waals surface area contributed by atoms with E-state index in [9.17, 15) is 9.18 Å². The van der Waals surface area contributed by atoms with Crippen molar-refractivity contribution in [3.63, 3.8) is 0 Å². The average Bonchev–Trinajstić information content (AvgIpc) is 3.26. The molecule has 0 saturated heterocycles. The van der Waals surface area contributed by atoms with Crippen LogP contribution in [0.4, 0.5) is 9.52 Å². The number of benzene rings is 2. The molecule has 7 heteroatoms. The van der Waals surface area contributed by atoms with Crippen molar-refractivity contribution in [2.24, 2.45) is 0 Å². The number of carbonyl (C=O) groups is 1. The minimum atomic E-state index is -0.372. The van der Waals surface area contributed by atoms with E-state index in [-0.39, 0.29) is 18.1 Å². The number of anilines is 1. The maximum absolute atomic E-state index is 13.8. The summed E-state index contributed by atoms with van der Waals surface area (Å²) in [6, 6.07) is 14.0. The average molecular weight is 367 g/mol. The Morgan fingerprint density at radius 3 is 2.81 bits per heavy atom. The third-order valence-electron chi connectivity index (χ3n) is 3.80. The van der Waals surface area contributed by atoms with Crippen molar-refractivity contribution in [3.05, 3.63) is 66.4 Å². The van der Waals surface area contributed by atoms with Gasteiger partial charge in [-0.3, -0.25) is 4.79 Å². The Bertz CT molecular complexity index is 1040. The molecule has 1 N–H and O–H groups in total. The van der Waals surface area contributed by atoms with Gasteiger partial charge in [-0.1, -0.05) is 35.6 Å². The highest BCUT2D eigenvalue weighted by Crippen LogP contribution is 2.26. The van der Waals surface area contributed by atoms with Gasteiger partial charge in [0.15, 0.2) is 16.8 Å². The van der Waals surface area contributed by atoms with E-state index in [1.165, 1.54) is 23.6 Å². The van der Waals surface area contributed by atoms with Gasteiger partial charge in [0, 0.05) is 12.8 Å². The van der Waals surface area contributed by atoms with Crippen LogP contribution in [0.3, 0.4) is 0 Å². The molecule has 0 spiro atoms. The SMILES string of the molecule is O=C(CCc1ncc(-c2ccccc2F)o1)Nc1nc2ccccc2s1. The van der Waals surface area contributed by atoms with Gasteiger partial charge in [0.05, 0.1) is 22.0 Å². The first-order chi connectivity index (χ1) is 12.7. The summed E-state index contributed by atoms with van der Waals surface area (Å²) in [6.45, 7) is 0. The molecule has 0 saturated carbocycles. The van der Waals surface area contributed by atoms with E-state index in [2.05, 4.69) is 15.3 Å². The molecule has 1 amide bonds. The maximum atomic E-state index is 13.8. The highest BCUT2D eigenvalue weighted by molar-refractivity contribution is 7.22. The summed E-state index contributed by atoms with van der Waals surface area (Å²) >= 11 is 1.43. The molecular formula is C19H14FN3O2S. The molecule has 0 unspecified atom stereocenters. The Kier molecular flexibility index (Phi) is 4.45. The monoisotopic (exact) mass is 367 g/mol. The summed E-state index contributed by atoms with van der Waals surface area (Å²) in [5.74, 6) is 0.200. The number of carbonyl (C=O) groups excluding carboxylic acids is 1. The number of aromatic nitrogens is 2. The fraction of sp³-hybridized carbons (Fsp3) is 0.105. The van der Waals surface area contributed by atoms with Crippen molar-refractivity contribution in [1.82, 2.24) is 9.97 Å². The molecule has 4 rings (SSSR count). The molecule has 0 fully saturated rings. The lowest BCUT2D eigenvalue weighted by atomic mass is 10.2. The van der Waals surface area contributed by atoms with E-state index in [1.54, 1.807) is 18.2 Å². The number of rotatable bonds is 5. The number of fused-ring (bicyclic) bond motifs is 1. The third kappa shape index (κ3) is 3.48. The van der Waals surface area contributed by atoms with Gasteiger partial charge in [0.2, 0.25) is 5.91 Å². The number of amides is 1. The number of thiazole rings is 1. The van der Waals surface area contributed by atoms with Gasteiger partial charge in [0.25, 0.3) is 0 Å². The molecule has 2 aromatic carbocycles. The second-order valence-electron chi connectivity index (χ2n) is 5.63. The summed E-state index contributed by atoms with van der Waals surface area (Å²) in [5, 5.41) is 3.35. The molecule has 2 heterocycles. The van der Waals surface area contributed by atoms with Gasteiger partial charge >= 0.3 is 0 Å². The zero-order chi connectivity index (χ0) is 17.9. The Balaban J connectivity index is 1.38. The fourth-order valence-corrected chi connectivity index (χ4v) is 3.42. The van der Waals surface area contributed by atoms with Gasteiger partial charge in [-0.05, 0) is 24.3 Å². The van der Waals surface area contributed by atoms with Crippen LogP contribution in [0.25, 0.3) is 21.5 Å². The maximum Gasteiger partial charge on any atom is 0.226 e. The molecule has 0 aliphatic rings. The van der Waals surface area contributed by atoms with Gasteiger partial charge in [-0.25, -0.2) is 14.4 Å². The Morgan fingerprint density at radius 1 is 1.15 bits per heavy atom. The van der Waals surface area contributed by atoms with Crippen LogP contribution in [-0.2, 0) is 11.2 Å². The topological polar surface area (TPSA) is 68.0 Å². The summed E-state index contributed by atoms with van der Waals surface area (Å²) in [5.41, 5.74) is 1.21. The molecule has 5 nitrogen and oxygen atoms in total. The summed E-state index contributed by atoms with van der Waals surface area (Å²) in [7, 11) is 0. The second kappa shape index (κ2) is 7.05. The molecule has 4 aromatic rings. The number of oxazole rings is 1. The van der Waals surface area contributed by atoms with Crippen LogP contribution >= 0.6 is 11.3 Å². The minimum absolute atomic E-state index is 0.172. The van der Waals surface area contributed by atoms with Crippen molar-refractivity contribution >= 4 is 32.6 Å². The van der Waals surface area contributed by atoms with Crippen LogP contribution in [0, 0.1) is 5.82 Å². The summed E-state index contributed by atoms with van der Waals surface area (Å²) < 4.78 is 20.3.